The van der Waals surface area contributed by atoms with Gasteiger partial charge in [0, 0.05) is 13.1 Å². The van der Waals surface area contributed by atoms with Crippen LogP contribution < -0.4 is 15.4 Å². The summed E-state index contributed by atoms with van der Waals surface area (Å²) >= 11 is 0. The van der Waals surface area contributed by atoms with Crippen LogP contribution in [0.15, 0.2) is 58.8 Å². The molecule has 0 radical (unpaired) electrons. The molecule has 0 saturated heterocycles. The number of benzene rings is 2. The van der Waals surface area contributed by atoms with Crippen molar-refractivity contribution in [1.82, 2.24) is 5.32 Å². The molecule has 1 atom stereocenters. The third-order valence-corrected chi connectivity index (χ3v) is 3.31. The Morgan fingerprint density at radius 2 is 1.91 bits per heavy atom. The molecule has 2 aromatic carbocycles. The van der Waals surface area contributed by atoms with E-state index in [0.29, 0.717) is 17.1 Å². The summed E-state index contributed by atoms with van der Waals surface area (Å²) in [5.74, 6) is 0.631. The number of carbonyl (C=O) groups excluding carboxylic acids is 1. The average Bonchev–Trinajstić information content (AvgIpc) is 2.57. The van der Waals surface area contributed by atoms with E-state index in [1.54, 1.807) is 32.4 Å². The largest absolute Gasteiger partial charge is 0.497 e. The highest BCUT2D eigenvalue weighted by atomic mass is 16.5. The van der Waals surface area contributed by atoms with Crippen molar-refractivity contribution in [3.8, 4) is 5.75 Å². The van der Waals surface area contributed by atoms with E-state index in [2.05, 4.69) is 20.9 Å². The number of nitrogens with zero attached hydrogens (tertiary/aromatic N) is 2. The number of urea groups is 1. The molecule has 0 bridgehead atoms. The number of amides is 2. The molecular formula is C17H20N4O2. The van der Waals surface area contributed by atoms with Crippen molar-refractivity contribution in [2.75, 3.05) is 19.5 Å². The Morgan fingerprint density at radius 3 is 2.57 bits per heavy atom. The molecule has 6 nitrogen and oxygen atoms in total. The monoisotopic (exact) mass is 312 g/mol. The summed E-state index contributed by atoms with van der Waals surface area (Å²) in [6.07, 6.45) is 0. The molecule has 0 spiro atoms. The predicted molar refractivity (Wildman–Crippen MR) is 90.4 cm³/mol. The van der Waals surface area contributed by atoms with Crippen molar-refractivity contribution in [1.29, 1.82) is 0 Å². The van der Waals surface area contributed by atoms with Gasteiger partial charge in [0.05, 0.1) is 18.8 Å². The first-order valence-electron chi connectivity index (χ1n) is 7.24. The highest BCUT2D eigenvalue weighted by Gasteiger charge is 2.12. The molecule has 0 aliphatic heterocycles. The number of nitrogens with one attached hydrogen (secondary N) is 2. The summed E-state index contributed by atoms with van der Waals surface area (Å²) in [6, 6.07) is 14.5. The SMILES string of the molecule is C/N=N\c1ccc(OC)cc1NC(=O)NC(C)c1ccccc1. The van der Waals surface area contributed by atoms with E-state index in [1.807, 2.05) is 37.3 Å². The second-order valence-corrected chi connectivity index (χ2v) is 4.91. The number of rotatable bonds is 5. The number of anilines is 1. The highest BCUT2D eigenvalue weighted by Crippen LogP contribution is 2.29. The molecule has 0 aliphatic carbocycles. The van der Waals surface area contributed by atoms with Crippen LogP contribution in [-0.4, -0.2) is 20.2 Å². The van der Waals surface area contributed by atoms with Crippen LogP contribution in [0.5, 0.6) is 5.75 Å². The minimum absolute atomic E-state index is 0.113. The van der Waals surface area contributed by atoms with E-state index >= 15 is 0 Å². The lowest BCUT2D eigenvalue weighted by molar-refractivity contribution is 0.249. The van der Waals surface area contributed by atoms with Gasteiger partial charge in [-0.3, -0.25) is 0 Å². The molecule has 0 heterocycles. The zero-order chi connectivity index (χ0) is 16.7. The van der Waals surface area contributed by atoms with E-state index < -0.39 is 0 Å². The van der Waals surface area contributed by atoms with Gasteiger partial charge in [0.25, 0.3) is 0 Å². The van der Waals surface area contributed by atoms with E-state index in [-0.39, 0.29) is 12.1 Å². The number of carbonyl (C=O) groups is 1. The van der Waals surface area contributed by atoms with Crippen LogP contribution in [0.25, 0.3) is 0 Å². The Labute approximate surface area is 135 Å². The first-order chi connectivity index (χ1) is 11.1. The van der Waals surface area contributed by atoms with Crippen molar-refractivity contribution in [3.05, 3.63) is 54.1 Å². The first-order valence-corrected chi connectivity index (χ1v) is 7.24. The van der Waals surface area contributed by atoms with Crippen LogP contribution in [0.2, 0.25) is 0 Å². The molecule has 2 N–H and O–H groups in total. The summed E-state index contributed by atoms with van der Waals surface area (Å²) in [4.78, 5) is 12.2. The number of azo groups is 1. The second-order valence-electron chi connectivity index (χ2n) is 4.91. The Morgan fingerprint density at radius 1 is 1.17 bits per heavy atom. The molecule has 0 aliphatic rings. The zero-order valence-corrected chi connectivity index (χ0v) is 13.4. The smallest absolute Gasteiger partial charge is 0.319 e. The third-order valence-electron chi connectivity index (χ3n) is 3.31. The summed E-state index contributed by atoms with van der Waals surface area (Å²) in [7, 11) is 3.14. The number of ether oxygens (including phenoxy) is 1. The van der Waals surface area contributed by atoms with E-state index in [4.69, 9.17) is 4.74 Å². The third kappa shape index (κ3) is 4.54. The quantitative estimate of drug-likeness (QED) is 0.808. The minimum atomic E-state index is -0.317. The van der Waals surface area contributed by atoms with Gasteiger partial charge in [0.15, 0.2) is 0 Å². The molecule has 120 valence electrons. The molecule has 2 aromatic rings. The fourth-order valence-corrected chi connectivity index (χ4v) is 2.12. The maximum Gasteiger partial charge on any atom is 0.319 e. The topological polar surface area (TPSA) is 75.1 Å². The maximum absolute atomic E-state index is 12.2. The van der Waals surface area contributed by atoms with Crippen LogP contribution in [-0.2, 0) is 0 Å². The van der Waals surface area contributed by atoms with Gasteiger partial charge in [0.1, 0.15) is 11.4 Å². The molecule has 0 fully saturated rings. The molecule has 0 saturated carbocycles. The maximum atomic E-state index is 12.2. The lowest BCUT2D eigenvalue weighted by Crippen LogP contribution is -2.31. The predicted octanol–water partition coefficient (Wildman–Crippen LogP) is 4.29. The number of hydrogen-bond acceptors (Lipinski definition) is 4. The van der Waals surface area contributed by atoms with Crippen LogP contribution in [0.4, 0.5) is 16.2 Å². The van der Waals surface area contributed by atoms with E-state index in [1.165, 1.54) is 0 Å². The standard InChI is InChI=1S/C17H20N4O2/c1-12(13-7-5-4-6-8-13)19-17(22)20-16-11-14(23-3)9-10-15(16)21-18-2/h4-12H,1-3H3,(H2,19,20,22)/b21-18-. The summed E-state index contributed by atoms with van der Waals surface area (Å²) < 4.78 is 5.18. The van der Waals surface area contributed by atoms with Crippen molar-refractivity contribution >= 4 is 17.4 Å². The summed E-state index contributed by atoms with van der Waals surface area (Å²) in [6.45, 7) is 1.92. The number of methoxy groups -OCH3 is 1. The van der Waals surface area contributed by atoms with Crippen molar-refractivity contribution < 1.29 is 9.53 Å². The molecule has 1 unspecified atom stereocenters. The van der Waals surface area contributed by atoms with E-state index in [9.17, 15) is 4.79 Å². The molecule has 6 heteroatoms. The van der Waals surface area contributed by atoms with Crippen LogP contribution in [0.3, 0.4) is 0 Å². The van der Waals surface area contributed by atoms with Crippen molar-refractivity contribution in [2.24, 2.45) is 10.2 Å². The van der Waals surface area contributed by atoms with Gasteiger partial charge in [0.2, 0.25) is 0 Å². The van der Waals surface area contributed by atoms with Gasteiger partial charge in [-0.1, -0.05) is 30.3 Å². The van der Waals surface area contributed by atoms with Crippen LogP contribution in [0, 0.1) is 0 Å². The lowest BCUT2D eigenvalue weighted by atomic mass is 10.1. The Kier molecular flexibility index (Phi) is 5.68. The second kappa shape index (κ2) is 7.93. The normalized spacial score (nSPS) is 12.0. The van der Waals surface area contributed by atoms with Gasteiger partial charge in [-0.15, -0.1) is 0 Å². The van der Waals surface area contributed by atoms with Gasteiger partial charge < -0.3 is 15.4 Å². The fourth-order valence-electron chi connectivity index (χ4n) is 2.12. The fraction of sp³-hybridized carbons (Fsp3) is 0.235. The van der Waals surface area contributed by atoms with Crippen LogP contribution >= 0.6 is 0 Å². The van der Waals surface area contributed by atoms with Gasteiger partial charge in [-0.05, 0) is 24.6 Å². The number of hydrogen-bond donors (Lipinski definition) is 2. The molecule has 23 heavy (non-hydrogen) atoms. The summed E-state index contributed by atoms with van der Waals surface area (Å²) in [5.41, 5.74) is 2.13. The molecule has 2 amide bonds. The minimum Gasteiger partial charge on any atom is -0.497 e. The molecule has 2 rings (SSSR count). The molecular weight excluding hydrogens is 292 g/mol. The summed E-state index contributed by atoms with van der Waals surface area (Å²) in [5, 5.41) is 13.4. The first kappa shape index (κ1) is 16.5. The van der Waals surface area contributed by atoms with E-state index in [0.717, 1.165) is 5.56 Å². The average molecular weight is 312 g/mol. The lowest BCUT2D eigenvalue weighted by Gasteiger charge is -2.16. The highest BCUT2D eigenvalue weighted by molar-refractivity contribution is 5.93. The van der Waals surface area contributed by atoms with Gasteiger partial charge in [-0.25, -0.2) is 4.79 Å². The molecule has 0 aromatic heterocycles. The van der Waals surface area contributed by atoms with Crippen LogP contribution in [0.1, 0.15) is 18.5 Å². The Balaban J connectivity index is 2.10. The van der Waals surface area contributed by atoms with Crippen molar-refractivity contribution in [2.45, 2.75) is 13.0 Å². The van der Waals surface area contributed by atoms with Gasteiger partial charge in [-0.2, -0.15) is 10.2 Å². The Bertz CT molecular complexity index is 686. The van der Waals surface area contributed by atoms with Crippen molar-refractivity contribution in [3.63, 3.8) is 0 Å². The Hall–Kier alpha value is -2.89. The zero-order valence-electron chi connectivity index (χ0n) is 13.4. The van der Waals surface area contributed by atoms with Gasteiger partial charge >= 0.3 is 6.03 Å².